The zero-order valence-corrected chi connectivity index (χ0v) is 83.1. The van der Waals surface area contributed by atoms with E-state index in [4.69, 9.17) is 25.2 Å². The number of urea groups is 1. The van der Waals surface area contributed by atoms with Crippen LogP contribution in [-0.4, -0.2) is 193 Å². The lowest BCUT2D eigenvalue weighted by atomic mass is 9.82. The van der Waals surface area contributed by atoms with Crippen molar-refractivity contribution in [1.82, 2.24) is 29.5 Å². The molecule has 0 radical (unpaired) electrons. The summed E-state index contributed by atoms with van der Waals surface area (Å²) in [6, 6.07) is 33.5. The number of anilines is 3. The van der Waals surface area contributed by atoms with Gasteiger partial charge in [0.2, 0.25) is 0 Å². The number of ether oxygens (including phenoxy) is 1. The minimum absolute atomic E-state index is 0.00301. The molecule has 16 rings (SSSR count). The summed E-state index contributed by atoms with van der Waals surface area (Å²) >= 11 is 1.68. The molecule has 5 N–H and O–H groups in total. The van der Waals surface area contributed by atoms with Gasteiger partial charge in [-0.3, -0.25) is 24.6 Å². The Balaban J connectivity index is 0.000000160. The second-order valence-electron chi connectivity index (χ2n) is 40.1. The maximum atomic E-state index is 15.6. The first-order valence-corrected chi connectivity index (χ1v) is 48.0. The number of carboxylic acids is 4. The van der Waals surface area contributed by atoms with Crippen LogP contribution in [0.3, 0.4) is 0 Å². The van der Waals surface area contributed by atoms with Crippen molar-refractivity contribution in [3.63, 3.8) is 0 Å². The van der Waals surface area contributed by atoms with Gasteiger partial charge in [0.15, 0.2) is 0 Å². The molecule has 758 valence electrons. The molecule has 0 aliphatic carbocycles. The van der Waals surface area contributed by atoms with E-state index in [1.54, 1.807) is 54.7 Å². The Kier molecular flexibility index (Phi) is 33.6. The molecule has 0 saturated carbocycles. The number of carboxylic acid groups (broad SMARTS) is 4. The van der Waals surface area contributed by atoms with E-state index in [9.17, 15) is 41.5 Å². The fraction of sp³-hybridized carbons (Fsp3) is 0.369. The quantitative estimate of drug-likeness (QED) is 0.0280. The molecule has 8 heterocycles. The number of hydrogen-bond acceptors (Lipinski definition) is 14. The van der Waals surface area contributed by atoms with Crippen LogP contribution in [0.1, 0.15) is 212 Å². The third kappa shape index (κ3) is 26.9. The van der Waals surface area contributed by atoms with Crippen molar-refractivity contribution in [3.05, 3.63) is 328 Å². The maximum absolute atomic E-state index is 15.6. The predicted molar refractivity (Wildman–Crippen MR) is 533 cm³/mol. The largest absolute Gasteiger partial charge is 0.478 e. The summed E-state index contributed by atoms with van der Waals surface area (Å²) in [5.74, 6) is -11.3. The third-order valence-corrected chi connectivity index (χ3v) is 27.0. The Morgan fingerprint density at radius 3 is 1.04 bits per heavy atom. The summed E-state index contributed by atoms with van der Waals surface area (Å²) in [6.07, 6.45) is 13.9. The number of carbonyl (C=O) groups is 5. The van der Waals surface area contributed by atoms with Crippen LogP contribution in [0.2, 0.25) is 0 Å². The van der Waals surface area contributed by atoms with Crippen LogP contribution in [0.15, 0.2) is 176 Å². The molecule has 19 nitrogen and oxygen atoms in total. The van der Waals surface area contributed by atoms with Crippen LogP contribution < -0.4 is 15.1 Å². The molecule has 8 aromatic carbocycles. The second-order valence-corrected chi connectivity index (χ2v) is 41.4. The normalized spacial score (nSPS) is 19.5. The Morgan fingerprint density at radius 1 is 0.413 bits per heavy atom. The zero-order valence-electron chi connectivity index (χ0n) is 82.3. The van der Waals surface area contributed by atoms with E-state index in [0.29, 0.717) is 50.1 Å². The van der Waals surface area contributed by atoms with E-state index >= 15 is 35.1 Å². The van der Waals surface area contributed by atoms with Gasteiger partial charge in [0.1, 0.15) is 69.2 Å². The topological polar surface area (TPSA) is 223 Å². The van der Waals surface area contributed by atoms with Gasteiger partial charge in [0, 0.05) is 176 Å². The third-order valence-electron chi connectivity index (χ3n) is 25.9. The van der Waals surface area contributed by atoms with E-state index < -0.39 is 117 Å². The maximum Gasteiger partial charge on any atom is 0.328 e. The smallest absolute Gasteiger partial charge is 0.328 e. The SMILES string of the molecule is CC1Cc2cc(N3CCOCC3)ccc2C(c2c(F)cc(/C=C/C(=O)O)cc2F)N1CC(C)(C)F.CC1Cc2cc(N3Cc4ccncc4C3)ccc2C(c2c(F)cc(/C=C/C(=O)O)cc2F)N1CC(C)(C)F.CC1Cc2cc(NC(=O)N(C)C)ccc2C(c2c(F)cc(/C=C/C(=O)O)cc2F)N1CC(C)(C)F.Cc1ccc(-c2ccc3c(c2)CC(C)N(CC(C)(C)F)C3c2c(F)cc(/C=C/C(=O)O)cc2F)s1. The highest BCUT2D eigenvalue weighted by molar-refractivity contribution is 7.15. The van der Waals surface area contributed by atoms with Crippen molar-refractivity contribution < 1.29 is 102 Å². The van der Waals surface area contributed by atoms with Gasteiger partial charge in [-0.2, -0.15) is 0 Å². The number of rotatable bonds is 24. The van der Waals surface area contributed by atoms with Crippen LogP contribution in [0, 0.1) is 53.5 Å². The number of benzene rings is 8. The highest BCUT2D eigenvalue weighted by Crippen LogP contribution is 2.50. The lowest BCUT2D eigenvalue weighted by molar-refractivity contribution is -0.132. The molecule has 2 amide bonds. The monoisotopic (exact) mass is 2000 g/mol. The van der Waals surface area contributed by atoms with E-state index in [1.165, 1.54) is 76.3 Å². The van der Waals surface area contributed by atoms with Crippen molar-refractivity contribution in [1.29, 1.82) is 0 Å². The van der Waals surface area contributed by atoms with Crippen LogP contribution in [0.25, 0.3) is 34.7 Å². The molecule has 6 aliphatic heterocycles. The number of aryl methyl sites for hydroxylation is 1. The highest BCUT2D eigenvalue weighted by atomic mass is 32.1. The number of amides is 2. The average molecular weight is 2000 g/mol. The van der Waals surface area contributed by atoms with Gasteiger partial charge >= 0.3 is 29.9 Å². The Morgan fingerprint density at radius 2 is 0.727 bits per heavy atom. The number of morpholine rings is 1. The standard InChI is InChI=1S/C30H30F3N3O2.C28H28F3NO2S.C27H31F3N2O3.C26H30F3N3O3/c1-18-10-21-13-23(35-15-20-8-9-34-14-22(20)16-35)5-6-24(21)29(36(18)17-30(2,3)33)28-25(31)11-19(12-26(28)32)4-7-27(37)38;1-16-11-20-14-19(24-9-5-17(2)35-24)7-8-21(20)27(32(16)15-28(3,4)31)26-22(29)12-18(13-23(26)30)6-10-25(33)34;1-17-12-19-15-20(31-8-10-35-11-9-31)5-6-21(19)26(32(17)16-27(2,3)30)25-22(28)13-18(14-23(25)29)4-7-24(33)34;1-15-10-17-13-18(30-25(35)31(4)5)7-8-19(17)24(32(15)14-26(2,3)29)23-20(27)11-16(12-21(23)28)6-9-22(33)34/h4-9,11-14,18,29H,10,15-17H2,1-3H3,(H,37,38);5-10,12-14,16,27H,11,15H2,1-4H3,(H,33,34);4-7,13-15,17,26H,8-12,16H2,1-3H3,(H,33,34);6-9,11-13,15,24H,10,14H2,1-5H3,(H,30,35)(H,33,34)/b7-4+;10-6+;7-4+;9-6+. The zero-order chi connectivity index (χ0) is 104. The fourth-order valence-electron chi connectivity index (χ4n) is 19.8. The number of thiophene rings is 1. The van der Waals surface area contributed by atoms with Gasteiger partial charge in [-0.15, -0.1) is 11.3 Å². The van der Waals surface area contributed by atoms with E-state index in [0.717, 1.165) is 184 Å². The Hall–Kier alpha value is -12.7. The summed E-state index contributed by atoms with van der Waals surface area (Å²) in [4.78, 5) is 75.0. The molecule has 6 aliphatic rings. The van der Waals surface area contributed by atoms with Crippen molar-refractivity contribution in [3.8, 4) is 10.4 Å². The number of fused-ring (bicyclic) bond motifs is 5. The minimum atomic E-state index is -1.62. The first-order chi connectivity index (χ1) is 67.2. The number of halogens is 12. The number of nitrogens with zero attached hydrogens (tertiary/aromatic N) is 8. The van der Waals surface area contributed by atoms with Gasteiger partial charge in [0.05, 0.1) is 37.4 Å². The molecule has 8 unspecified atom stereocenters. The highest BCUT2D eigenvalue weighted by Gasteiger charge is 2.46. The summed E-state index contributed by atoms with van der Waals surface area (Å²) < 4.78 is 189. The lowest BCUT2D eigenvalue weighted by Gasteiger charge is -2.44. The molecule has 1 fully saturated rings. The second kappa shape index (κ2) is 44.6. The van der Waals surface area contributed by atoms with Gasteiger partial charge in [-0.1, -0.05) is 30.3 Å². The Labute approximate surface area is 829 Å². The van der Waals surface area contributed by atoms with Gasteiger partial charge in [0.25, 0.3) is 0 Å². The van der Waals surface area contributed by atoms with Gasteiger partial charge in [-0.25, -0.2) is 76.7 Å². The summed E-state index contributed by atoms with van der Waals surface area (Å²) in [7, 11) is 3.23. The molecule has 143 heavy (non-hydrogen) atoms. The fourth-order valence-corrected chi connectivity index (χ4v) is 20.7. The molecule has 0 bridgehead atoms. The number of pyridine rings is 1. The summed E-state index contributed by atoms with van der Waals surface area (Å²) in [5, 5.41) is 38.2. The molecule has 0 spiro atoms. The van der Waals surface area contributed by atoms with Crippen molar-refractivity contribution in [2.24, 2.45) is 0 Å². The van der Waals surface area contributed by atoms with Crippen LogP contribution >= 0.6 is 11.3 Å². The number of nitrogens with one attached hydrogen (secondary N) is 1. The molecule has 32 heteroatoms. The predicted octanol–water partition coefficient (Wildman–Crippen LogP) is 23.5. The van der Waals surface area contributed by atoms with Crippen LogP contribution in [0.5, 0.6) is 0 Å². The first kappa shape index (κ1) is 108. The Bertz CT molecular complexity index is 6420. The first-order valence-electron chi connectivity index (χ1n) is 47.2. The van der Waals surface area contributed by atoms with Crippen molar-refractivity contribution in [2.45, 2.75) is 200 Å². The number of hydrogen-bond donors (Lipinski definition) is 5. The number of aliphatic carboxylic acids is 4. The minimum Gasteiger partial charge on any atom is -0.478 e. The molecule has 10 aromatic rings. The van der Waals surface area contributed by atoms with Gasteiger partial charge in [-0.05, 0) is 333 Å². The molecular weight excluding hydrogens is 1880 g/mol. The van der Waals surface area contributed by atoms with Gasteiger partial charge < -0.3 is 45.2 Å². The number of aromatic nitrogens is 1. The number of carbonyl (C=O) groups excluding carboxylic acids is 1. The van der Waals surface area contributed by atoms with Crippen LogP contribution in [-0.2, 0) is 62.7 Å². The van der Waals surface area contributed by atoms with E-state index in [-0.39, 0.29) is 101 Å². The van der Waals surface area contributed by atoms with Crippen LogP contribution in [0.4, 0.5) is 74.5 Å². The van der Waals surface area contributed by atoms with E-state index in [2.05, 4.69) is 50.4 Å². The van der Waals surface area contributed by atoms with Crippen molar-refractivity contribution in [2.75, 3.05) is 81.7 Å². The molecule has 1 saturated heterocycles. The summed E-state index contributed by atoms with van der Waals surface area (Å²) in [5.41, 5.74) is 5.90. The van der Waals surface area contributed by atoms with Crippen molar-refractivity contribution >= 4 is 82.6 Å². The molecule has 2 aromatic heterocycles. The average Bonchev–Trinajstić information content (AvgIpc) is 1.14. The summed E-state index contributed by atoms with van der Waals surface area (Å²) in [6.45, 7) is 25.6. The lowest BCUT2D eigenvalue weighted by Crippen LogP contribution is -2.48. The molecular formula is C111H119F12N9O10S. The molecule has 8 atom stereocenters. The van der Waals surface area contributed by atoms with E-state index in [1.807, 2.05) is 98.0 Å². The number of alkyl halides is 4.